The molecule has 2 rings (SSSR count). The lowest BCUT2D eigenvalue weighted by atomic mass is 9.88. The van der Waals surface area contributed by atoms with Crippen LogP contribution < -0.4 is 5.32 Å². The summed E-state index contributed by atoms with van der Waals surface area (Å²) in [5.41, 5.74) is 2.20. The topological polar surface area (TPSA) is 49.4 Å². The van der Waals surface area contributed by atoms with Gasteiger partial charge in [-0.25, -0.2) is 0 Å². The van der Waals surface area contributed by atoms with Gasteiger partial charge in [0.1, 0.15) is 0 Å². The number of benzene rings is 2. The van der Waals surface area contributed by atoms with Crippen LogP contribution in [0.5, 0.6) is 0 Å². The van der Waals surface area contributed by atoms with Crippen molar-refractivity contribution in [3.8, 4) is 0 Å². The van der Waals surface area contributed by atoms with Gasteiger partial charge in [-0.15, -0.1) is 0 Å². The quantitative estimate of drug-likeness (QED) is 0.843. The molecule has 2 aromatic carbocycles. The molecule has 0 saturated carbocycles. The molecule has 0 aliphatic rings. The summed E-state index contributed by atoms with van der Waals surface area (Å²) >= 11 is 0. The highest BCUT2D eigenvalue weighted by molar-refractivity contribution is 5.85. The van der Waals surface area contributed by atoms with Crippen molar-refractivity contribution < 1.29 is 9.59 Å². The van der Waals surface area contributed by atoms with Gasteiger partial charge in [-0.05, 0) is 25.0 Å². The first kappa shape index (κ1) is 18.7. The third kappa shape index (κ3) is 5.75. The molecule has 0 spiro atoms. The van der Waals surface area contributed by atoms with Crippen LogP contribution >= 0.6 is 0 Å². The van der Waals surface area contributed by atoms with Gasteiger partial charge in [-0.1, -0.05) is 60.7 Å². The summed E-state index contributed by atoms with van der Waals surface area (Å²) in [6.45, 7) is 3.88. The maximum absolute atomic E-state index is 12.7. The fraction of sp³-hybridized carbons (Fsp3) is 0.333. The lowest BCUT2D eigenvalue weighted by Gasteiger charge is -2.22. The first-order chi connectivity index (χ1) is 12.0. The number of carbonyl (C=O) groups excluding carboxylic acids is 2. The van der Waals surface area contributed by atoms with E-state index in [0.717, 1.165) is 11.1 Å². The molecule has 132 valence electrons. The van der Waals surface area contributed by atoms with E-state index in [1.54, 1.807) is 7.05 Å². The summed E-state index contributed by atoms with van der Waals surface area (Å²) in [6.07, 6.45) is 0.333. The number of rotatable bonds is 7. The van der Waals surface area contributed by atoms with Gasteiger partial charge in [0, 0.05) is 25.4 Å². The van der Waals surface area contributed by atoms with Crippen LogP contribution in [0.3, 0.4) is 0 Å². The van der Waals surface area contributed by atoms with Gasteiger partial charge in [0.05, 0.1) is 6.54 Å². The molecule has 0 fully saturated rings. The molecule has 0 saturated heterocycles. The molecule has 0 atom stereocenters. The van der Waals surface area contributed by atoms with E-state index in [9.17, 15) is 9.59 Å². The minimum Gasteiger partial charge on any atom is -0.352 e. The van der Waals surface area contributed by atoms with Crippen LogP contribution in [0.2, 0.25) is 0 Å². The van der Waals surface area contributed by atoms with Crippen molar-refractivity contribution in [3.05, 3.63) is 71.8 Å². The number of amides is 2. The van der Waals surface area contributed by atoms with Crippen LogP contribution in [0.1, 0.15) is 37.3 Å². The first-order valence-corrected chi connectivity index (χ1v) is 8.60. The van der Waals surface area contributed by atoms with E-state index in [1.165, 1.54) is 4.90 Å². The highest BCUT2D eigenvalue weighted by Crippen LogP contribution is 2.28. The summed E-state index contributed by atoms with van der Waals surface area (Å²) in [7, 11) is 1.68. The van der Waals surface area contributed by atoms with E-state index in [1.807, 2.05) is 74.5 Å². The maximum Gasteiger partial charge on any atom is 0.239 e. The van der Waals surface area contributed by atoms with Crippen LogP contribution in [-0.4, -0.2) is 36.3 Å². The summed E-state index contributed by atoms with van der Waals surface area (Å²) in [5.74, 6) is -0.205. The Balaban J connectivity index is 2.11. The molecule has 4 nitrogen and oxygen atoms in total. The fourth-order valence-electron chi connectivity index (χ4n) is 2.80. The Bertz CT molecular complexity index is 644. The lowest BCUT2D eigenvalue weighted by Crippen LogP contribution is -2.41. The number of likely N-dealkylation sites (N-methyl/N-ethyl adjacent to an activating group) is 1. The molecule has 4 heteroatoms. The summed E-state index contributed by atoms with van der Waals surface area (Å²) in [6, 6.07) is 20.1. The van der Waals surface area contributed by atoms with Crippen molar-refractivity contribution in [2.24, 2.45) is 0 Å². The second-order valence-electron chi connectivity index (χ2n) is 6.55. The third-order valence-corrected chi connectivity index (χ3v) is 4.04. The average Bonchev–Trinajstić information content (AvgIpc) is 2.60. The van der Waals surface area contributed by atoms with Crippen LogP contribution in [0.4, 0.5) is 0 Å². The molecule has 1 N–H and O–H groups in total. The number of carbonyl (C=O) groups is 2. The van der Waals surface area contributed by atoms with Crippen molar-refractivity contribution in [3.63, 3.8) is 0 Å². The molecule has 0 aromatic heterocycles. The Kier molecular flexibility index (Phi) is 6.75. The van der Waals surface area contributed by atoms with Crippen LogP contribution in [0, 0.1) is 0 Å². The molecule has 25 heavy (non-hydrogen) atoms. The van der Waals surface area contributed by atoms with Gasteiger partial charge >= 0.3 is 0 Å². The zero-order chi connectivity index (χ0) is 18.2. The molecule has 0 heterocycles. The number of nitrogens with one attached hydrogen (secondary N) is 1. The Morgan fingerprint density at radius 1 is 0.920 bits per heavy atom. The van der Waals surface area contributed by atoms with Gasteiger partial charge in [0.2, 0.25) is 11.8 Å². The van der Waals surface area contributed by atoms with E-state index in [4.69, 9.17) is 0 Å². The van der Waals surface area contributed by atoms with Crippen molar-refractivity contribution >= 4 is 11.8 Å². The molecule has 0 radical (unpaired) electrons. The molecule has 0 bridgehead atoms. The molecular weight excluding hydrogens is 312 g/mol. The van der Waals surface area contributed by atoms with Crippen molar-refractivity contribution in [2.75, 3.05) is 13.6 Å². The highest BCUT2D eigenvalue weighted by Gasteiger charge is 2.21. The predicted octanol–water partition coefficient (Wildman–Crippen LogP) is 3.19. The molecular formula is C21H26N2O2. The summed E-state index contributed by atoms with van der Waals surface area (Å²) in [5, 5.41) is 2.81. The largest absolute Gasteiger partial charge is 0.352 e. The summed E-state index contributed by atoms with van der Waals surface area (Å²) < 4.78 is 0. The van der Waals surface area contributed by atoms with Crippen molar-refractivity contribution in [1.82, 2.24) is 10.2 Å². The predicted molar refractivity (Wildman–Crippen MR) is 100 cm³/mol. The van der Waals surface area contributed by atoms with E-state index in [-0.39, 0.29) is 30.3 Å². The molecule has 0 aliphatic heterocycles. The van der Waals surface area contributed by atoms with E-state index in [0.29, 0.717) is 6.42 Å². The van der Waals surface area contributed by atoms with E-state index in [2.05, 4.69) is 5.32 Å². The number of hydrogen-bond donors (Lipinski definition) is 1. The molecule has 0 aliphatic carbocycles. The van der Waals surface area contributed by atoms with Gasteiger partial charge < -0.3 is 10.2 Å². The van der Waals surface area contributed by atoms with E-state index < -0.39 is 0 Å². The van der Waals surface area contributed by atoms with Crippen molar-refractivity contribution in [2.45, 2.75) is 32.2 Å². The van der Waals surface area contributed by atoms with E-state index >= 15 is 0 Å². The maximum atomic E-state index is 12.7. The van der Waals surface area contributed by atoms with Gasteiger partial charge in [0.15, 0.2) is 0 Å². The SMILES string of the molecule is CC(C)NC(=O)CN(C)C(=O)CC(c1ccccc1)c1ccccc1. The van der Waals surface area contributed by atoms with Crippen LogP contribution in [0.25, 0.3) is 0 Å². The van der Waals surface area contributed by atoms with Gasteiger partial charge in [-0.2, -0.15) is 0 Å². The van der Waals surface area contributed by atoms with Crippen molar-refractivity contribution in [1.29, 1.82) is 0 Å². The third-order valence-electron chi connectivity index (χ3n) is 4.04. The van der Waals surface area contributed by atoms with Gasteiger partial charge in [0.25, 0.3) is 0 Å². The minimum absolute atomic E-state index is 0.0227. The average molecular weight is 338 g/mol. The lowest BCUT2D eigenvalue weighted by molar-refractivity contribution is -0.135. The standard InChI is InChI=1S/C21H26N2O2/c1-16(2)22-20(24)15-23(3)21(25)14-19(17-10-6-4-7-11-17)18-12-8-5-9-13-18/h4-13,16,19H,14-15H2,1-3H3,(H,22,24). The monoisotopic (exact) mass is 338 g/mol. The zero-order valence-electron chi connectivity index (χ0n) is 15.1. The second-order valence-corrected chi connectivity index (χ2v) is 6.55. The molecule has 0 unspecified atom stereocenters. The van der Waals surface area contributed by atoms with Crippen LogP contribution in [-0.2, 0) is 9.59 Å². The smallest absolute Gasteiger partial charge is 0.239 e. The Labute approximate surface area is 149 Å². The normalized spacial score (nSPS) is 10.8. The Morgan fingerprint density at radius 2 is 1.40 bits per heavy atom. The zero-order valence-corrected chi connectivity index (χ0v) is 15.1. The second kappa shape index (κ2) is 9.02. The summed E-state index contributed by atoms with van der Waals surface area (Å²) in [4.78, 5) is 26.1. The first-order valence-electron chi connectivity index (χ1n) is 8.60. The Morgan fingerprint density at radius 3 is 1.84 bits per heavy atom. The molecule has 2 amide bonds. The number of hydrogen-bond acceptors (Lipinski definition) is 2. The Hall–Kier alpha value is -2.62. The van der Waals surface area contributed by atoms with Gasteiger partial charge in [-0.3, -0.25) is 9.59 Å². The minimum atomic E-state index is -0.137. The number of nitrogens with zero attached hydrogens (tertiary/aromatic N) is 1. The van der Waals surface area contributed by atoms with Crippen LogP contribution in [0.15, 0.2) is 60.7 Å². The highest BCUT2D eigenvalue weighted by atomic mass is 16.2. The molecule has 2 aromatic rings. The fourth-order valence-corrected chi connectivity index (χ4v) is 2.80.